The molecule has 6 heteroatoms. The maximum absolute atomic E-state index is 13.3. The Morgan fingerprint density at radius 1 is 1.12 bits per heavy atom. The van der Waals surface area contributed by atoms with Crippen molar-refractivity contribution in [1.29, 1.82) is 0 Å². The highest BCUT2D eigenvalue weighted by molar-refractivity contribution is 6.03. The molecule has 2 aromatic carbocycles. The second-order valence-electron chi connectivity index (χ2n) is 5.69. The zero-order valence-corrected chi connectivity index (χ0v) is 13.4. The van der Waals surface area contributed by atoms with Crippen LogP contribution in [0.3, 0.4) is 0 Å². The van der Waals surface area contributed by atoms with Crippen molar-refractivity contribution >= 4 is 11.6 Å². The molecule has 3 rings (SSSR count). The van der Waals surface area contributed by atoms with E-state index in [0.29, 0.717) is 11.4 Å². The molecule has 0 saturated carbocycles. The molecule has 0 aliphatic carbocycles. The van der Waals surface area contributed by atoms with E-state index in [2.05, 4.69) is 15.6 Å². The molecule has 0 atom stereocenters. The van der Waals surface area contributed by atoms with E-state index in [1.165, 1.54) is 18.2 Å². The second kappa shape index (κ2) is 6.62. The number of amides is 1. The molecule has 0 fully saturated rings. The van der Waals surface area contributed by atoms with Gasteiger partial charge in [0.1, 0.15) is 5.82 Å². The van der Waals surface area contributed by atoms with E-state index in [1.54, 1.807) is 10.7 Å². The lowest BCUT2D eigenvalue weighted by atomic mass is 10.1. The normalized spacial score (nSPS) is 10.8. The molecule has 0 radical (unpaired) electrons. The highest BCUT2D eigenvalue weighted by Gasteiger charge is 2.23. The topological polar surface area (TPSA) is 59.8 Å². The van der Waals surface area contributed by atoms with E-state index >= 15 is 0 Å². The number of aromatic nitrogens is 3. The van der Waals surface area contributed by atoms with E-state index < -0.39 is 11.7 Å². The van der Waals surface area contributed by atoms with Crippen molar-refractivity contribution in [3.05, 3.63) is 71.8 Å². The van der Waals surface area contributed by atoms with Gasteiger partial charge in [-0.15, -0.1) is 5.10 Å². The molecule has 0 saturated heterocycles. The third-order valence-electron chi connectivity index (χ3n) is 3.55. The number of nitrogens with zero attached hydrogens (tertiary/aromatic N) is 3. The first-order chi connectivity index (χ1) is 11.6. The molecule has 0 unspecified atom stereocenters. The van der Waals surface area contributed by atoms with Gasteiger partial charge < -0.3 is 5.32 Å². The van der Waals surface area contributed by atoms with Crippen molar-refractivity contribution in [3.8, 4) is 5.69 Å². The third kappa shape index (κ3) is 3.17. The number of halogens is 1. The molecule has 1 N–H and O–H groups in total. The highest BCUT2D eigenvalue weighted by atomic mass is 19.1. The van der Waals surface area contributed by atoms with Gasteiger partial charge in [-0.2, -0.15) is 0 Å². The summed E-state index contributed by atoms with van der Waals surface area (Å²) in [6.07, 6.45) is 0. The minimum absolute atomic E-state index is 0.0356. The summed E-state index contributed by atoms with van der Waals surface area (Å²) in [5, 5.41) is 10.8. The molecule has 5 nitrogen and oxygen atoms in total. The molecule has 0 spiro atoms. The molecule has 1 amide bonds. The fraction of sp³-hybridized carbons (Fsp3) is 0.167. The summed E-state index contributed by atoms with van der Waals surface area (Å²) in [5.74, 6) is -0.787. The smallest absolute Gasteiger partial charge is 0.278 e. The number of hydrogen-bond donors (Lipinski definition) is 1. The summed E-state index contributed by atoms with van der Waals surface area (Å²) >= 11 is 0. The number of nitrogens with one attached hydrogen (secondary N) is 1. The Kier molecular flexibility index (Phi) is 4.37. The van der Waals surface area contributed by atoms with Crippen LogP contribution in [-0.4, -0.2) is 20.9 Å². The Labute approximate surface area is 139 Å². The Morgan fingerprint density at radius 2 is 1.88 bits per heavy atom. The number of carbonyl (C=O) groups excluding carboxylic acids is 1. The standard InChI is InChI=1S/C18H17FN4O/c1-12(2)17-16(18(24)20-14-8-6-7-13(19)11-14)21-22-23(17)15-9-4-3-5-10-15/h3-12H,1-2H3,(H,20,24). The number of rotatable bonds is 4. The fourth-order valence-corrected chi connectivity index (χ4v) is 2.49. The minimum atomic E-state index is -0.412. The maximum atomic E-state index is 13.3. The summed E-state index contributed by atoms with van der Waals surface area (Å²) < 4.78 is 14.9. The lowest BCUT2D eigenvalue weighted by molar-refractivity contribution is 0.102. The van der Waals surface area contributed by atoms with Crippen molar-refractivity contribution < 1.29 is 9.18 Å². The van der Waals surface area contributed by atoms with Crippen LogP contribution >= 0.6 is 0 Å². The third-order valence-corrected chi connectivity index (χ3v) is 3.55. The van der Waals surface area contributed by atoms with Crippen molar-refractivity contribution in [1.82, 2.24) is 15.0 Å². The van der Waals surface area contributed by atoms with Gasteiger partial charge in [-0.3, -0.25) is 4.79 Å². The molecule has 24 heavy (non-hydrogen) atoms. The van der Waals surface area contributed by atoms with E-state index in [9.17, 15) is 9.18 Å². The Bertz CT molecular complexity index is 858. The van der Waals surface area contributed by atoms with Gasteiger partial charge in [0.2, 0.25) is 0 Å². The molecule has 122 valence electrons. The number of anilines is 1. The zero-order valence-electron chi connectivity index (χ0n) is 13.4. The van der Waals surface area contributed by atoms with Gasteiger partial charge in [0.15, 0.2) is 5.69 Å². The fourth-order valence-electron chi connectivity index (χ4n) is 2.49. The van der Waals surface area contributed by atoms with Crippen LogP contribution in [0.1, 0.15) is 35.9 Å². The zero-order chi connectivity index (χ0) is 17.1. The van der Waals surface area contributed by atoms with Crippen LogP contribution in [0.15, 0.2) is 54.6 Å². The summed E-state index contributed by atoms with van der Waals surface area (Å²) in [7, 11) is 0. The van der Waals surface area contributed by atoms with Crippen molar-refractivity contribution in [3.63, 3.8) is 0 Å². The predicted octanol–water partition coefficient (Wildman–Crippen LogP) is 3.78. The average Bonchev–Trinajstić information content (AvgIpc) is 3.01. The Hall–Kier alpha value is -3.02. The van der Waals surface area contributed by atoms with Gasteiger partial charge in [0, 0.05) is 5.69 Å². The molecule has 3 aromatic rings. The Balaban J connectivity index is 1.96. The van der Waals surface area contributed by atoms with Crippen molar-refractivity contribution in [2.75, 3.05) is 5.32 Å². The SMILES string of the molecule is CC(C)c1c(C(=O)Nc2cccc(F)c2)nnn1-c1ccccc1. The maximum Gasteiger partial charge on any atom is 0.278 e. The molecule has 1 heterocycles. The van der Waals surface area contributed by atoms with E-state index in [-0.39, 0.29) is 11.6 Å². The first kappa shape index (κ1) is 15.9. The van der Waals surface area contributed by atoms with Gasteiger partial charge in [-0.1, -0.05) is 43.3 Å². The second-order valence-corrected chi connectivity index (χ2v) is 5.69. The van der Waals surface area contributed by atoms with Crippen LogP contribution in [0, 0.1) is 5.82 Å². The van der Waals surface area contributed by atoms with Gasteiger partial charge >= 0.3 is 0 Å². The minimum Gasteiger partial charge on any atom is -0.320 e. The highest BCUT2D eigenvalue weighted by Crippen LogP contribution is 2.22. The van der Waals surface area contributed by atoms with Crippen molar-refractivity contribution in [2.45, 2.75) is 19.8 Å². The summed E-state index contributed by atoms with van der Waals surface area (Å²) in [6.45, 7) is 3.94. The quantitative estimate of drug-likeness (QED) is 0.794. The molecule has 0 aliphatic heterocycles. The van der Waals surface area contributed by atoms with E-state index in [1.807, 2.05) is 44.2 Å². The monoisotopic (exact) mass is 324 g/mol. The predicted molar refractivity (Wildman–Crippen MR) is 89.8 cm³/mol. The summed E-state index contributed by atoms with van der Waals surface area (Å²) in [6, 6.07) is 15.2. The number of para-hydroxylation sites is 1. The summed E-state index contributed by atoms with van der Waals surface area (Å²) in [4.78, 5) is 12.5. The number of carbonyl (C=O) groups is 1. The van der Waals surface area contributed by atoms with Crippen LogP contribution in [0.4, 0.5) is 10.1 Å². The van der Waals surface area contributed by atoms with E-state index in [0.717, 1.165) is 5.69 Å². The van der Waals surface area contributed by atoms with Gasteiger partial charge in [-0.25, -0.2) is 9.07 Å². The molecule has 0 aliphatic rings. The molecule has 1 aromatic heterocycles. The first-order valence-electron chi connectivity index (χ1n) is 7.64. The number of benzene rings is 2. The first-order valence-corrected chi connectivity index (χ1v) is 7.64. The molecular formula is C18H17FN4O. The number of hydrogen-bond acceptors (Lipinski definition) is 3. The van der Waals surface area contributed by atoms with Crippen LogP contribution in [0.2, 0.25) is 0 Å². The van der Waals surface area contributed by atoms with E-state index in [4.69, 9.17) is 0 Å². The van der Waals surface area contributed by atoms with Crippen LogP contribution in [0.5, 0.6) is 0 Å². The van der Waals surface area contributed by atoms with Crippen LogP contribution < -0.4 is 5.32 Å². The van der Waals surface area contributed by atoms with Gasteiger partial charge in [0.25, 0.3) is 5.91 Å². The van der Waals surface area contributed by atoms with Gasteiger partial charge in [0.05, 0.1) is 11.4 Å². The van der Waals surface area contributed by atoms with Crippen LogP contribution in [-0.2, 0) is 0 Å². The summed E-state index contributed by atoms with van der Waals surface area (Å²) in [5.41, 5.74) is 2.15. The lowest BCUT2D eigenvalue weighted by Crippen LogP contribution is -2.16. The van der Waals surface area contributed by atoms with Crippen molar-refractivity contribution in [2.24, 2.45) is 0 Å². The lowest BCUT2D eigenvalue weighted by Gasteiger charge is -2.11. The Morgan fingerprint density at radius 3 is 2.54 bits per heavy atom. The molecule has 0 bridgehead atoms. The largest absolute Gasteiger partial charge is 0.320 e. The van der Waals surface area contributed by atoms with Crippen LogP contribution in [0.25, 0.3) is 5.69 Å². The van der Waals surface area contributed by atoms with Gasteiger partial charge in [-0.05, 0) is 36.2 Å². The average molecular weight is 324 g/mol. The molecular weight excluding hydrogens is 307 g/mol.